The Bertz CT molecular complexity index is 366. The van der Waals surface area contributed by atoms with Crippen molar-refractivity contribution in [2.45, 2.75) is 19.8 Å². The first-order chi connectivity index (χ1) is 8.01. The molecule has 0 amide bonds. The molecule has 0 bridgehead atoms. The predicted octanol–water partition coefficient (Wildman–Crippen LogP) is 2.86. The van der Waals surface area contributed by atoms with Crippen LogP contribution in [0.1, 0.15) is 25.3 Å². The van der Waals surface area contributed by atoms with Crippen molar-refractivity contribution >= 4 is 15.9 Å². The fourth-order valence-electron chi connectivity index (χ4n) is 2.08. The van der Waals surface area contributed by atoms with Gasteiger partial charge in [-0.3, -0.25) is 0 Å². The van der Waals surface area contributed by atoms with Gasteiger partial charge < -0.3 is 11.5 Å². The SMILES string of the molecule is CC(c1cc(Br)ccc1F)C(C)C(CN)CN. The van der Waals surface area contributed by atoms with Crippen molar-refractivity contribution in [1.29, 1.82) is 0 Å². The van der Waals surface area contributed by atoms with Crippen LogP contribution in [0.15, 0.2) is 22.7 Å². The van der Waals surface area contributed by atoms with Crippen molar-refractivity contribution in [1.82, 2.24) is 0 Å². The third kappa shape index (κ3) is 3.50. The lowest BCUT2D eigenvalue weighted by Crippen LogP contribution is -2.31. The normalized spacial score (nSPS) is 15.0. The Hall–Kier alpha value is -0.450. The average Bonchev–Trinajstić information content (AvgIpc) is 2.32. The quantitative estimate of drug-likeness (QED) is 0.879. The summed E-state index contributed by atoms with van der Waals surface area (Å²) in [5, 5.41) is 0. The van der Waals surface area contributed by atoms with Crippen LogP contribution in [0.4, 0.5) is 4.39 Å². The fraction of sp³-hybridized carbons (Fsp3) is 0.538. The van der Waals surface area contributed by atoms with Crippen molar-refractivity contribution in [3.8, 4) is 0 Å². The predicted molar refractivity (Wildman–Crippen MR) is 73.3 cm³/mol. The minimum Gasteiger partial charge on any atom is -0.330 e. The Kier molecular flexibility index (Phi) is 5.56. The number of benzene rings is 1. The highest BCUT2D eigenvalue weighted by atomic mass is 79.9. The summed E-state index contributed by atoms with van der Waals surface area (Å²) in [5.41, 5.74) is 12.1. The number of nitrogens with two attached hydrogens (primary N) is 2. The fourth-order valence-corrected chi connectivity index (χ4v) is 2.46. The first-order valence-electron chi connectivity index (χ1n) is 5.86. The van der Waals surface area contributed by atoms with Crippen molar-refractivity contribution in [3.63, 3.8) is 0 Å². The first kappa shape index (κ1) is 14.6. The van der Waals surface area contributed by atoms with Gasteiger partial charge in [-0.1, -0.05) is 29.8 Å². The van der Waals surface area contributed by atoms with E-state index >= 15 is 0 Å². The zero-order valence-corrected chi connectivity index (χ0v) is 11.9. The molecule has 0 fully saturated rings. The lowest BCUT2D eigenvalue weighted by Gasteiger charge is -2.27. The van der Waals surface area contributed by atoms with Crippen LogP contribution in [-0.2, 0) is 0 Å². The highest BCUT2D eigenvalue weighted by molar-refractivity contribution is 9.10. The third-order valence-corrected chi connectivity index (χ3v) is 4.08. The van der Waals surface area contributed by atoms with E-state index in [-0.39, 0.29) is 23.6 Å². The van der Waals surface area contributed by atoms with Crippen molar-refractivity contribution in [2.24, 2.45) is 23.3 Å². The maximum absolute atomic E-state index is 13.8. The number of halogens is 2. The number of hydrogen-bond acceptors (Lipinski definition) is 2. The summed E-state index contributed by atoms with van der Waals surface area (Å²) < 4.78 is 14.7. The molecule has 1 aromatic rings. The molecule has 2 nitrogen and oxygen atoms in total. The van der Waals surface area contributed by atoms with Crippen molar-refractivity contribution < 1.29 is 4.39 Å². The van der Waals surface area contributed by atoms with Crippen LogP contribution in [0.5, 0.6) is 0 Å². The maximum Gasteiger partial charge on any atom is 0.126 e. The van der Waals surface area contributed by atoms with E-state index in [9.17, 15) is 4.39 Å². The molecular formula is C13H20BrFN2. The largest absolute Gasteiger partial charge is 0.330 e. The molecule has 1 aromatic carbocycles. The lowest BCUT2D eigenvalue weighted by atomic mass is 9.80. The van der Waals surface area contributed by atoms with E-state index in [0.29, 0.717) is 13.1 Å². The second-order valence-electron chi connectivity index (χ2n) is 4.55. The smallest absolute Gasteiger partial charge is 0.126 e. The van der Waals surface area contributed by atoms with Gasteiger partial charge in [0.15, 0.2) is 0 Å². The Balaban J connectivity index is 2.94. The first-order valence-corrected chi connectivity index (χ1v) is 6.65. The van der Waals surface area contributed by atoms with Crippen LogP contribution in [0.3, 0.4) is 0 Å². The monoisotopic (exact) mass is 302 g/mol. The molecule has 0 aliphatic carbocycles. The van der Waals surface area contributed by atoms with Gasteiger partial charge in [-0.2, -0.15) is 0 Å². The molecule has 0 saturated heterocycles. The summed E-state index contributed by atoms with van der Waals surface area (Å²) in [5.74, 6) is 0.419. The van der Waals surface area contributed by atoms with Gasteiger partial charge in [0, 0.05) is 4.47 Å². The molecule has 4 heteroatoms. The molecule has 0 aliphatic heterocycles. The molecule has 0 aromatic heterocycles. The van der Waals surface area contributed by atoms with Crippen LogP contribution < -0.4 is 11.5 Å². The summed E-state index contributed by atoms with van der Waals surface area (Å²) in [6.45, 7) is 5.18. The molecule has 0 radical (unpaired) electrons. The Morgan fingerprint density at radius 3 is 2.35 bits per heavy atom. The van der Waals surface area contributed by atoms with Gasteiger partial charge in [-0.05, 0) is 54.6 Å². The summed E-state index contributed by atoms with van der Waals surface area (Å²) in [6, 6.07) is 5.03. The van der Waals surface area contributed by atoms with Crippen molar-refractivity contribution in [3.05, 3.63) is 34.1 Å². The number of hydrogen-bond donors (Lipinski definition) is 2. The number of rotatable bonds is 5. The van der Waals surface area contributed by atoms with Gasteiger partial charge in [0.1, 0.15) is 5.82 Å². The molecule has 4 N–H and O–H groups in total. The van der Waals surface area contributed by atoms with E-state index in [1.165, 1.54) is 6.07 Å². The minimum absolute atomic E-state index is 0.101. The van der Waals surface area contributed by atoms with Gasteiger partial charge >= 0.3 is 0 Å². The summed E-state index contributed by atoms with van der Waals surface area (Å²) >= 11 is 3.37. The van der Waals surface area contributed by atoms with Crippen LogP contribution in [0.2, 0.25) is 0 Å². The summed E-state index contributed by atoms with van der Waals surface area (Å²) in [7, 11) is 0. The van der Waals surface area contributed by atoms with Crippen molar-refractivity contribution in [2.75, 3.05) is 13.1 Å². The maximum atomic E-state index is 13.8. The topological polar surface area (TPSA) is 52.0 Å². The molecule has 96 valence electrons. The van der Waals surface area contributed by atoms with E-state index in [4.69, 9.17) is 11.5 Å². The summed E-state index contributed by atoms with van der Waals surface area (Å²) in [6.07, 6.45) is 0. The molecule has 2 unspecified atom stereocenters. The van der Waals surface area contributed by atoms with Gasteiger partial charge in [0.2, 0.25) is 0 Å². The van der Waals surface area contributed by atoms with Gasteiger partial charge in [0.25, 0.3) is 0 Å². The molecule has 2 atom stereocenters. The molecule has 1 rings (SSSR count). The van der Waals surface area contributed by atoms with Crippen LogP contribution >= 0.6 is 15.9 Å². The molecule has 0 spiro atoms. The zero-order valence-electron chi connectivity index (χ0n) is 10.3. The second-order valence-corrected chi connectivity index (χ2v) is 5.46. The Morgan fingerprint density at radius 1 is 1.24 bits per heavy atom. The molecule has 0 saturated carbocycles. The van der Waals surface area contributed by atoms with Crippen LogP contribution in [-0.4, -0.2) is 13.1 Å². The lowest BCUT2D eigenvalue weighted by molar-refractivity contribution is 0.323. The van der Waals surface area contributed by atoms with E-state index in [2.05, 4.69) is 22.9 Å². The minimum atomic E-state index is -0.166. The van der Waals surface area contributed by atoms with E-state index in [1.54, 1.807) is 6.07 Å². The van der Waals surface area contributed by atoms with E-state index in [1.807, 2.05) is 13.0 Å². The highest BCUT2D eigenvalue weighted by Gasteiger charge is 2.24. The molecule has 0 heterocycles. The standard InChI is InChI=1S/C13H20BrFN2/c1-8(10(6-16)7-17)9(2)12-5-11(14)3-4-13(12)15/h3-5,8-10H,6-7,16-17H2,1-2H3. The van der Waals surface area contributed by atoms with Crippen LogP contribution in [0, 0.1) is 17.7 Å². The van der Waals surface area contributed by atoms with Crippen LogP contribution in [0.25, 0.3) is 0 Å². The highest BCUT2D eigenvalue weighted by Crippen LogP contribution is 2.32. The van der Waals surface area contributed by atoms with E-state index < -0.39 is 0 Å². The molecule has 17 heavy (non-hydrogen) atoms. The third-order valence-electron chi connectivity index (χ3n) is 3.59. The second kappa shape index (κ2) is 6.47. The average molecular weight is 303 g/mol. The van der Waals surface area contributed by atoms with E-state index in [0.717, 1.165) is 10.0 Å². The van der Waals surface area contributed by atoms with Gasteiger partial charge in [-0.25, -0.2) is 4.39 Å². The summed E-state index contributed by atoms with van der Waals surface area (Å²) in [4.78, 5) is 0. The zero-order chi connectivity index (χ0) is 13.0. The Morgan fingerprint density at radius 2 is 1.82 bits per heavy atom. The van der Waals surface area contributed by atoms with Gasteiger partial charge in [-0.15, -0.1) is 0 Å². The van der Waals surface area contributed by atoms with Gasteiger partial charge in [0.05, 0.1) is 0 Å². The molecule has 0 aliphatic rings. The Labute approximate surface area is 111 Å². The molecular weight excluding hydrogens is 283 g/mol.